The Morgan fingerprint density at radius 3 is 2.41 bits per heavy atom. The summed E-state index contributed by atoms with van der Waals surface area (Å²) in [4.78, 5) is 9.01. The molecule has 2 aromatic carbocycles. The first kappa shape index (κ1) is 30.8. The first-order valence-electron chi connectivity index (χ1n) is 14.4. The number of sulfonamides is 1. The van der Waals surface area contributed by atoms with E-state index >= 15 is 0 Å². The minimum Gasteiger partial charge on any atom is -0.387 e. The van der Waals surface area contributed by atoms with Gasteiger partial charge in [0.2, 0.25) is 0 Å². The van der Waals surface area contributed by atoms with Gasteiger partial charge in [-0.2, -0.15) is 0 Å². The van der Waals surface area contributed by atoms with Crippen molar-refractivity contribution in [3.8, 4) is 10.6 Å². The fourth-order valence-electron chi connectivity index (χ4n) is 4.53. The van der Waals surface area contributed by atoms with Gasteiger partial charge in [-0.15, -0.1) is 11.3 Å². The molecule has 4 aromatic rings. The molecule has 0 aliphatic heterocycles. The molecule has 1 atom stereocenters. The van der Waals surface area contributed by atoms with Crippen LogP contribution in [0.15, 0.2) is 83.3 Å². The summed E-state index contributed by atoms with van der Waals surface area (Å²) in [5.74, 6) is 0. The zero-order valence-electron chi connectivity index (χ0n) is 23.6. The van der Waals surface area contributed by atoms with E-state index in [0.717, 1.165) is 46.7 Å². The van der Waals surface area contributed by atoms with Crippen LogP contribution in [0.25, 0.3) is 10.6 Å². The largest absolute Gasteiger partial charge is 0.387 e. The summed E-state index contributed by atoms with van der Waals surface area (Å²) < 4.78 is 28.6. The second kappa shape index (κ2) is 15.8. The summed E-state index contributed by atoms with van der Waals surface area (Å²) in [6, 6.07) is 17.9. The second-order valence-electron chi connectivity index (χ2n) is 10.2. The van der Waals surface area contributed by atoms with Crippen LogP contribution in [0.5, 0.6) is 0 Å². The van der Waals surface area contributed by atoms with E-state index in [1.807, 2.05) is 30.3 Å². The molecule has 0 unspecified atom stereocenters. The van der Waals surface area contributed by atoms with Crippen LogP contribution < -0.4 is 10.0 Å². The van der Waals surface area contributed by atoms with Gasteiger partial charge in [0.15, 0.2) is 0 Å². The second-order valence-corrected chi connectivity index (χ2v) is 12.8. The monoisotopic (exact) mass is 592 g/mol. The van der Waals surface area contributed by atoms with E-state index in [-0.39, 0.29) is 4.90 Å². The average Bonchev–Trinajstić information content (AvgIpc) is 3.47. The number of thiazole rings is 1. The molecule has 4 rings (SSSR count). The van der Waals surface area contributed by atoms with Crippen LogP contribution in [-0.4, -0.2) is 36.6 Å². The topological polar surface area (TPSA) is 104 Å². The summed E-state index contributed by atoms with van der Waals surface area (Å²) in [6.07, 6.45) is 12.1. The Bertz CT molecular complexity index is 1420. The molecule has 0 fully saturated rings. The SMILES string of the molecule is CCCCCCCCc1csc(-c2ccc(S(=O)(=O)Nc3ccc(CCNC[C@H](O)c4cccnc4)cc3)cc2)n1. The van der Waals surface area contributed by atoms with Crippen LogP contribution >= 0.6 is 11.3 Å². The molecule has 0 aliphatic rings. The van der Waals surface area contributed by atoms with E-state index in [4.69, 9.17) is 4.98 Å². The number of rotatable bonds is 17. The van der Waals surface area contributed by atoms with Gasteiger partial charge in [-0.05, 0) is 61.7 Å². The van der Waals surface area contributed by atoms with E-state index in [1.165, 1.54) is 32.1 Å². The Kier molecular flexibility index (Phi) is 11.9. The Labute approximate surface area is 248 Å². The van der Waals surface area contributed by atoms with Crippen LogP contribution in [0, 0.1) is 0 Å². The van der Waals surface area contributed by atoms with Crippen molar-refractivity contribution in [3.05, 3.63) is 95.3 Å². The normalized spacial score (nSPS) is 12.3. The molecule has 0 bridgehead atoms. The Hall–Kier alpha value is -3.11. The molecule has 218 valence electrons. The molecule has 9 heteroatoms. The van der Waals surface area contributed by atoms with Crippen molar-refractivity contribution in [3.63, 3.8) is 0 Å². The maximum atomic E-state index is 13.0. The van der Waals surface area contributed by atoms with E-state index in [9.17, 15) is 13.5 Å². The van der Waals surface area contributed by atoms with Crippen molar-refractivity contribution < 1.29 is 13.5 Å². The molecule has 7 nitrogen and oxygen atoms in total. The smallest absolute Gasteiger partial charge is 0.261 e. The molecule has 0 spiro atoms. The number of aryl methyl sites for hydroxylation is 1. The van der Waals surface area contributed by atoms with Crippen LogP contribution in [-0.2, 0) is 22.9 Å². The molecular formula is C32H40N4O3S2. The number of pyridine rings is 1. The fraction of sp³-hybridized carbons (Fsp3) is 0.375. The standard InChI is InChI=1S/C32H40N4O3S2/c1-2-3-4-5-6-7-10-29-24-40-32(35-29)26-13-17-30(18-14-26)41(38,39)36-28-15-11-25(12-16-28)19-21-34-23-31(37)27-9-8-20-33-22-27/h8-9,11-18,20,22,24,31,34,36-37H,2-7,10,19,21,23H2,1H3/t31-/m0/s1. The number of unbranched alkanes of at least 4 members (excludes halogenated alkanes) is 5. The summed E-state index contributed by atoms with van der Waals surface area (Å²) in [6.45, 7) is 3.36. The van der Waals surface area contributed by atoms with Gasteiger partial charge < -0.3 is 10.4 Å². The Morgan fingerprint density at radius 1 is 0.927 bits per heavy atom. The number of nitrogens with one attached hydrogen (secondary N) is 2. The van der Waals surface area contributed by atoms with Crippen LogP contribution in [0.4, 0.5) is 5.69 Å². The van der Waals surface area contributed by atoms with Gasteiger partial charge in [0.25, 0.3) is 10.0 Å². The third-order valence-electron chi connectivity index (χ3n) is 6.95. The van der Waals surface area contributed by atoms with Crippen molar-refractivity contribution in [1.29, 1.82) is 0 Å². The van der Waals surface area contributed by atoms with Crippen molar-refractivity contribution >= 4 is 27.0 Å². The number of aromatic nitrogens is 2. The van der Waals surface area contributed by atoms with Crippen LogP contribution in [0.2, 0.25) is 0 Å². The van der Waals surface area contributed by atoms with Gasteiger partial charge >= 0.3 is 0 Å². The molecule has 0 saturated heterocycles. The number of benzene rings is 2. The maximum absolute atomic E-state index is 13.0. The van der Waals surface area contributed by atoms with Crippen molar-refractivity contribution in [2.75, 3.05) is 17.8 Å². The first-order chi connectivity index (χ1) is 19.9. The van der Waals surface area contributed by atoms with Gasteiger partial charge in [-0.1, -0.05) is 69.4 Å². The lowest BCUT2D eigenvalue weighted by atomic mass is 10.1. The van der Waals surface area contributed by atoms with E-state index in [2.05, 4.69) is 27.3 Å². The number of anilines is 1. The quantitative estimate of drug-likeness (QED) is 0.117. The van der Waals surface area contributed by atoms with Crippen molar-refractivity contribution in [2.24, 2.45) is 0 Å². The van der Waals surface area contributed by atoms with E-state index in [0.29, 0.717) is 18.8 Å². The third kappa shape index (κ3) is 9.74. The van der Waals surface area contributed by atoms with Crippen LogP contribution in [0.1, 0.15) is 68.4 Å². The molecule has 3 N–H and O–H groups in total. The number of nitrogens with zero attached hydrogens (tertiary/aromatic N) is 2. The zero-order valence-corrected chi connectivity index (χ0v) is 25.3. The zero-order chi connectivity index (χ0) is 28.9. The molecule has 0 saturated carbocycles. The molecule has 2 heterocycles. The highest BCUT2D eigenvalue weighted by Gasteiger charge is 2.15. The van der Waals surface area contributed by atoms with Gasteiger partial charge in [-0.3, -0.25) is 9.71 Å². The average molecular weight is 593 g/mol. The van der Waals surface area contributed by atoms with Crippen molar-refractivity contribution in [1.82, 2.24) is 15.3 Å². The van der Waals surface area contributed by atoms with Gasteiger partial charge in [-0.25, -0.2) is 13.4 Å². The molecule has 0 radical (unpaired) electrons. The third-order valence-corrected chi connectivity index (χ3v) is 9.29. The maximum Gasteiger partial charge on any atom is 0.261 e. The van der Waals surface area contributed by atoms with Crippen LogP contribution in [0.3, 0.4) is 0 Å². The predicted molar refractivity (Wildman–Crippen MR) is 168 cm³/mol. The molecule has 41 heavy (non-hydrogen) atoms. The van der Waals surface area contributed by atoms with E-state index < -0.39 is 16.1 Å². The highest BCUT2D eigenvalue weighted by molar-refractivity contribution is 7.92. The Morgan fingerprint density at radius 2 is 1.68 bits per heavy atom. The summed E-state index contributed by atoms with van der Waals surface area (Å²) in [5.41, 5.74) is 4.40. The van der Waals surface area contributed by atoms with E-state index in [1.54, 1.807) is 54.1 Å². The highest BCUT2D eigenvalue weighted by atomic mass is 32.2. The molecular weight excluding hydrogens is 553 g/mol. The minimum atomic E-state index is -3.71. The number of hydrogen-bond acceptors (Lipinski definition) is 7. The first-order valence-corrected chi connectivity index (χ1v) is 16.8. The lowest BCUT2D eigenvalue weighted by Crippen LogP contribution is -2.23. The predicted octanol–water partition coefficient (Wildman–Crippen LogP) is 6.77. The highest BCUT2D eigenvalue weighted by Crippen LogP contribution is 2.26. The minimum absolute atomic E-state index is 0.213. The van der Waals surface area contributed by atoms with Gasteiger partial charge in [0.05, 0.1) is 16.7 Å². The lowest BCUT2D eigenvalue weighted by Gasteiger charge is -2.12. The van der Waals surface area contributed by atoms with Gasteiger partial charge in [0.1, 0.15) is 5.01 Å². The number of hydrogen-bond donors (Lipinski definition) is 3. The molecule has 2 aromatic heterocycles. The summed E-state index contributed by atoms with van der Waals surface area (Å²) in [5, 5.41) is 16.5. The fourth-order valence-corrected chi connectivity index (χ4v) is 6.45. The van der Waals surface area contributed by atoms with Crippen molar-refractivity contribution in [2.45, 2.75) is 69.3 Å². The van der Waals surface area contributed by atoms with Gasteiger partial charge in [0, 0.05) is 41.1 Å². The number of aliphatic hydroxyl groups is 1. The number of aliphatic hydroxyl groups excluding tert-OH is 1. The summed E-state index contributed by atoms with van der Waals surface area (Å²) in [7, 11) is -3.71. The lowest BCUT2D eigenvalue weighted by molar-refractivity contribution is 0.174. The molecule has 0 amide bonds. The summed E-state index contributed by atoms with van der Waals surface area (Å²) >= 11 is 1.60. The Balaban J connectivity index is 1.23. The molecule has 0 aliphatic carbocycles.